The molecule has 2 rings (SSSR count). The number of thioether (sulfide) groups is 1. The Kier molecular flexibility index (Phi) is 4.92. The molecule has 0 aromatic heterocycles. The van der Waals surface area contributed by atoms with Gasteiger partial charge in [-0.1, -0.05) is 24.6 Å². The molecule has 0 saturated carbocycles. The maximum atomic E-state index is 12.4. The summed E-state index contributed by atoms with van der Waals surface area (Å²) in [7, 11) is 0. The largest absolute Gasteiger partial charge is 0.341 e. The monoisotopic (exact) mass is 277 g/mol. The molecule has 2 nitrogen and oxygen atoms in total. The van der Waals surface area contributed by atoms with Gasteiger partial charge in [0.05, 0.1) is 5.25 Å². The Morgan fingerprint density at radius 3 is 2.68 bits per heavy atom. The van der Waals surface area contributed by atoms with Crippen molar-refractivity contribution in [3.8, 4) is 0 Å². The van der Waals surface area contributed by atoms with E-state index in [1.807, 2.05) is 11.8 Å². The molecular formula is C16H23NOS. The van der Waals surface area contributed by atoms with E-state index in [9.17, 15) is 4.79 Å². The number of carbonyl (C=O) groups excluding carboxylic acids is 1. The highest BCUT2D eigenvalue weighted by atomic mass is 32.2. The van der Waals surface area contributed by atoms with Gasteiger partial charge in [0, 0.05) is 18.0 Å². The van der Waals surface area contributed by atoms with Crippen molar-refractivity contribution in [3.63, 3.8) is 0 Å². The van der Waals surface area contributed by atoms with Crippen LogP contribution in [0.4, 0.5) is 0 Å². The highest BCUT2D eigenvalue weighted by Gasteiger charge is 2.25. The molecule has 1 aromatic carbocycles. The van der Waals surface area contributed by atoms with E-state index >= 15 is 0 Å². The smallest absolute Gasteiger partial charge is 0.235 e. The zero-order chi connectivity index (χ0) is 13.8. The van der Waals surface area contributed by atoms with Crippen LogP contribution in [-0.2, 0) is 4.79 Å². The number of hydrogen-bond acceptors (Lipinski definition) is 2. The Morgan fingerprint density at radius 2 is 2.05 bits per heavy atom. The zero-order valence-electron chi connectivity index (χ0n) is 12.1. The van der Waals surface area contributed by atoms with Gasteiger partial charge in [0.1, 0.15) is 0 Å². The SMILES string of the molecule is Cc1ccc(S[C@H](C)C(=O)N2CCC[C@H](C)C2)cc1. The van der Waals surface area contributed by atoms with E-state index in [2.05, 4.69) is 38.1 Å². The number of aryl methyl sites for hydroxylation is 1. The van der Waals surface area contributed by atoms with Crippen molar-refractivity contribution in [2.24, 2.45) is 5.92 Å². The lowest BCUT2D eigenvalue weighted by Gasteiger charge is -2.32. The molecule has 0 spiro atoms. The van der Waals surface area contributed by atoms with Crippen LogP contribution < -0.4 is 0 Å². The van der Waals surface area contributed by atoms with Crippen molar-refractivity contribution in [2.75, 3.05) is 13.1 Å². The minimum Gasteiger partial charge on any atom is -0.341 e. The molecule has 0 unspecified atom stereocenters. The highest BCUT2D eigenvalue weighted by molar-refractivity contribution is 8.00. The molecule has 1 fully saturated rings. The number of likely N-dealkylation sites (tertiary alicyclic amines) is 1. The van der Waals surface area contributed by atoms with E-state index in [4.69, 9.17) is 0 Å². The Morgan fingerprint density at radius 1 is 1.37 bits per heavy atom. The van der Waals surface area contributed by atoms with Crippen LogP contribution in [0, 0.1) is 12.8 Å². The quantitative estimate of drug-likeness (QED) is 0.785. The van der Waals surface area contributed by atoms with E-state index in [-0.39, 0.29) is 11.2 Å². The van der Waals surface area contributed by atoms with Crippen LogP contribution in [0.5, 0.6) is 0 Å². The predicted molar refractivity (Wildman–Crippen MR) is 81.5 cm³/mol. The van der Waals surface area contributed by atoms with Crippen LogP contribution in [0.2, 0.25) is 0 Å². The lowest BCUT2D eigenvalue weighted by Crippen LogP contribution is -2.42. The molecule has 1 aliphatic rings. The van der Waals surface area contributed by atoms with E-state index in [0.717, 1.165) is 19.5 Å². The molecule has 1 aromatic rings. The van der Waals surface area contributed by atoms with E-state index in [0.29, 0.717) is 5.92 Å². The summed E-state index contributed by atoms with van der Waals surface area (Å²) in [6, 6.07) is 8.40. The fraction of sp³-hybridized carbons (Fsp3) is 0.562. The highest BCUT2D eigenvalue weighted by Crippen LogP contribution is 2.26. The second-order valence-corrected chi connectivity index (χ2v) is 7.02. The molecular weight excluding hydrogens is 254 g/mol. The summed E-state index contributed by atoms with van der Waals surface area (Å²) in [5, 5.41) is 0.00741. The maximum Gasteiger partial charge on any atom is 0.235 e. The van der Waals surface area contributed by atoms with Crippen molar-refractivity contribution in [3.05, 3.63) is 29.8 Å². The van der Waals surface area contributed by atoms with Crippen LogP contribution in [-0.4, -0.2) is 29.1 Å². The van der Waals surface area contributed by atoms with Gasteiger partial charge in [0.15, 0.2) is 0 Å². The number of hydrogen-bond donors (Lipinski definition) is 0. The second kappa shape index (κ2) is 6.47. The average Bonchev–Trinajstić information content (AvgIpc) is 2.40. The first-order valence-electron chi connectivity index (χ1n) is 7.08. The summed E-state index contributed by atoms with van der Waals surface area (Å²) in [6.45, 7) is 8.20. The van der Waals surface area contributed by atoms with Crippen LogP contribution in [0.15, 0.2) is 29.2 Å². The predicted octanol–water partition coefficient (Wildman–Crippen LogP) is 3.73. The van der Waals surface area contributed by atoms with E-state index < -0.39 is 0 Å². The Labute approximate surface area is 120 Å². The molecule has 1 aliphatic heterocycles. The summed E-state index contributed by atoms with van der Waals surface area (Å²) in [4.78, 5) is 15.6. The zero-order valence-corrected chi connectivity index (χ0v) is 12.9. The summed E-state index contributed by atoms with van der Waals surface area (Å²) in [6.07, 6.45) is 2.40. The van der Waals surface area contributed by atoms with Crippen LogP contribution >= 0.6 is 11.8 Å². The third-order valence-electron chi connectivity index (χ3n) is 3.65. The third kappa shape index (κ3) is 4.00. The summed E-state index contributed by atoms with van der Waals surface area (Å²) >= 11 is 1.66. The first-order chi connectivity index (χ1) is 9.06. The first kappa shape index (κ1) is 14.4. The fourth-order valence-corrected chi connectivity index (χ4v) is 3.47. The Bertz CT molecular complexity index is 429. The van der Waals surface area contributed by atoms with Gasteiger partial charge in [-0.3, -0.25) is 4.79 Å². The lowest BCUT2D eigenvalue weighted by atomic mass is 10.0. The molecule has 1 saturated heterocycles. The van der Waals surface area contributed by atoms with Gasteiger partial charge in [0.25, 0.3) is 0 Å². The van der Waals surface area contributed by atoms with E-state index in [1.165, 1.54) is 16.9 Å². The Hall–Kier alpha value is -0.960. The molecule has 0 radical (unpaired) electrons. The summed E-state index contributed by atoms with van der Waals surface area (Å²) < 4.78 is 0. The van der Waals surface area contributed by atoms with Crippen molar-refractivity contribution >= 4 is 17.7 Å². The molecule has 1 amide bonds. The van der Waals surface area contributed by atoms with E-state index in [1.54, 1.807) is 11.8 Å². The minimum absolute atomic E-state index is 0.00741. The normalized spacial score (nSPS) is 21.2. The molecule has 104 valence electrons. The third-order valence-corrected chi connectivity index (χ3v) is 4.75. The minimum atomic E-state index is 0.00741. The molecule has 19 heavy (non-hydrogen) atoms. The van der Waals surface area contributed by atoms with Crippen LogP contribution in [0.1, 0.15) is 32.3 Å². The number of carbonyl (C=O) groups is 1. The van der Waals surface area contributed by atoms with Gasteiger partial charge in [-0.15, -0.1) is 11.8 Å². The first-order valence-corrected chi connectivity index (χ1v) is 7.96. The topological polar surface area (TPSA) is 20.3 Å². The molecule has 0 bridgehead atoms. The molecule has 1 heterocycles. The van der Waals surface area contributed by atoms with Gasteiger partial charge in [-0.2, -0.15) is 0 Å². The number of rotatable bonds is 3. The number of piperidine rings is 1. The maximum absolute atomic E-state index is 12.4. The summed E-state index contributed by atoms with van der Waals surface area (Å²) in [5.74, 6) is 0.936. The van der Waals surface area contributed by atoms with Crippen molar-refractivity contribution < 1.29 is 4.79 Å². The van der Waals surface area contributed by atoms with Gasteiger partial charge < -0.3 is 4.90 Å². The van der Waals surface area contributed by atoms with Crippen LogP contribution in [0.25, 0.3) is 0 Å². The molecule has 3 heteroatoms. The molecule has 0 N–H and O–H groups in total. The number of nitrogens with zero attached hydrogens (tertiary/aromatic N) is 1. The average molecular weight is 277 g/mol. The lowest BCUT2D eigenvalue weighted by molar-refractivity contribution is -0.131. The molecule has 2 atom stereocenters. The van der Waals surface area contributed by atoms with Gasteiger partial charge in [-0.25, -0.2) is 0 Å². The standard InChI is InChI=1S/C16H23NOS/c1-12-6-8-15(9-7-12)19-14(3)16(18)17-10-4-5-13(2)11-17/h6-9,13-14H,4-5,10-11H2,1-3H3/t13-,14+/m0/s1. The number of benzene rings is 1. The summed E-state index contributed by atoms with van der Waals surface area (Å²) in [5.41, 5.74) is 1.26. The van der Waals surface area contributed by atoms with Gasteiger partial charge in [0.2, 0.25) is 5.91 Å². The van der Waals surface area contributed by atoms with Crippen LogP contribution in [0.3, 0.4) is 0 Å². The van der Waals surface area contributed by atoms with Gasteiger partial charge >= 0.3 is 0 Å². The second-order valence-electron chi connectivity index (χ2n) is 5.60. The molecule has 0 aliphatic carbocycles. The van der Waals surface area contributed by atoms with Crippen molar-refractivity contribution in [1.82, 2.24) is 4.90 Å². The van der Waals surface area contributed by atoms with Gasteiger partial charge in [-0.05, 0) is 44.7 Å². The number of amides is 1. The Balaban J connectivity index is 1.93. The van der Waals surface area contributed by atoms with Crippen molar-refractivity contribution in [2.45, 2.75) is 43.8 Å². The van der Waals surface area contributed by atoms with Crippen molar-refractivity contribution in [1.29, 1.82) is 0 Å². The fourth-order valence-electron chi connectivity index (χ4n) is 2.52.